The van der Waals surface area contributed by atoms with Gasteiger partial charge in [0, 0.05) is 12.6 Å². The summed E-state index contributed by atoms with van der Waals surface area (Å²) in [6, 6.07) is 4.54. The molecule has 1 aliphatic rings. The van der Waals surface area contributed by atoms with Gasteiger partial charge in [0.05, 0.1) is 18.3 Å². The molecule has 2 unspecified atom stereocenters. The van der Waals surface area contributed by atoms with Crippen LogP contribution in [0.2, 0.25) is 0 Å². The van der Waals surface area contributed by atoms with E-state index >= 15 is 0 Å². The molecule has 0 aromatic heterocycles. The number of halogens is 2. The van der Waals surface area contributed by atoms with E-state index < -0.39 is 29.8 Å². The predicted octanol–water partition coefficient (Wildman–Crippen LogP) is 2.16. The maximum atomic E-state index is 13.6. The van der Waals surface area contributed by atoms with Gasteiger partial charge in [0.25, 0.3) is 0 Å². The highest BCUT2D eigenvalue weighted by molar-refractivity contribution is 6.02. The zero-order chi connectivity index (χ0) is 20.7. The van der Waals surface area contributed by atoms with E-state index in [-0.39, 0.29) is 30.7 Å². The van der Waals surface area contributed by atoms with Crippen molar-refractivity contribution in [1.29, 1.82) is 0 Å². The number of nitrogens with one attached hydrogen (secondary N) is 2. The van der Waals surface area contributed by atoms with E-state index in [0.29, 0.717) is 13.1 Å². The average Bonchev–Trinajstić information content (AvgIpc) is 2.88. The summed E-state index contributed by atoms with van der Waals surface area (Å²) in [6.45, 7) is 3.00. The van der Waals surface area contributed by atoms with Gasteiger partial charge in [-0.25, -0.2) is 9.18 Å². The number of benzene rings is 1. The molecule has 1 aromatic rings. The zero-order valence-electron chi connectivity index (χ0n) is 16.6. The van der Waals surface area contributed by atoms with E-state index in [1.54, 1.807) is 20.0 Å². The van der Waals surface area contributed by atoms with Crippen LogP contribution in [-0.4, -0.2) is 71.6 Å². The molecule has 0 spiro atoms. The number of carbonyl (C=O) groups is 3. The molecule has 0 aliphatic carbocycles. The lowest BCUT2D eigenvalue weighted by Crippen LogP contribution is -2.48. The number of imide groups is 1. The number of carboxylic acid groups (broad SMARTS) is 1. The molecule has 2 rings (SSSR count). The van der Waals surface area contributed by atoms with Gasteiger partial charge in [-0.1, -0.05) is 12.1 Å². The number of hydrogen-bond donors (Lipinski definition) is 3. The Labute approximate surface area is 175 Å². The topological polar surface area (TPSA) is 102 Å². The predicted molar refractivity (Wildman–Crippen MR) is 110 cm³/mol. The number of aliphatic carboxylic acids is 1. The molecule has 29 heavy (non-hydrogen) atoms. The molecule has 10 heteroatoms. The number of para-hydroxylation sites is 1. The van der Waals surface area contributed by atoms with Crippen molar-refractivity contribution in [2.24, 2.45) is 0 Å². The maximum absolute atomic E-state index is 13.6. The minimum atomic E-state index is -0.864. The molecular formula is C19H28ClFN4O4. The van der Waals surface area contributed by atoms with Crippen LogP contribution < -0.4 is 10.6 Å². The van der Waals surface area contributed by atoms with Crippen molar-refractivity contribution in [2.45, 2.75) is 38.3 Å². The second kappa shape index (κ2) is 11.7. The summed E-state index contributed by atoms with van der Waals surface area (Å²) < 4.78 is 13.6. The molecule has 0 saturated carbocycles. The third-order valence-electron chi connectivity index (χ3n) is 5.03. The molecular weight excluding hydrogens is 403 g/mol. The number of carbonyl (C=O) groups excluding carboxylic acids is 2. The van der Waals surface area contributed by atoms with Crippen molar-refractivity contribution in [3.8, 4) is 0 Å². The number of anilines is 1. The first-order chi connectivity index (χ1) is 13.3. The Morgan fingerprint density at radius 2 is 1.97 bits per heavy atom. The van der Waals surface area contributed by atoms with E-state index in [0.717, 1.165) is 19.3 Å². The number of hydrogen-bond acceptors (Lipinski definition) is 5. The summed E-state index contributed by atoms with van der Waals surface area (Å²) in [6.07, 6.45) is 2.42. The SMILES string of the molecule is CC(C(=O)NC(=O)Nc1ccccc1F)N1CCCC(N(C)CC(=O)O)CC1.Cl. The standard InChI is InChI=1S/C19H27FN4O4.ClH/c1-13(18(27)22-19(28)21-16-8-4-3-7-15(16)20)24-10-5-6-14(9-11-24)23(2)12-17(25)26;/h3-4,7-8,13-14H,5-6,9-12H2,1-2H3,(H,25,26)(H2,21,22,27,28);1H. The molecule has 8 nitrogen and oxygen atoms in total. The first-order valence-electron chi connectivity index (χ1n) is 9.30. The summed E-state index contributed by atoms with van der Waals surface area (Å²) >= 11 is 0. The lowest BCUT2D eigenvalue weighted by Gasteiger charge is -2.28. The third-order valence-corrected chi connectivity index (χ3v) is 5.03. The molecule has 3 N–H and O–H groups in total. The molecule has 2 atom stereocenters. The Kier molecular flexibility index (Phi) is 10.0. The van der Waals surface area contributed by atoms with E-state index in [9.17, 15) is 18.8 Å². The van der Waals surface area contributed by atoms with Gasteiger partial charge >= 0.3 is 12.0 Å². The van der Waals surface area contributed by atoms with Crippen molar-refractivity contribution in [3.63, 3.8) is 0 Å². The molecule has 1 fully saturated rings. The minimum absolute atomic E-state index is 0. The van der Waals surface area contributed by atoms with E-state index in [4.69, 9.17) is 5.11 Å². The molecule has 0 radical (unpaired) electrons. The number of amides is 3. The summed E-state index contributed by atoms with van der Waals surface area (Å²) in [5.74, 6) is -1.91. The quantitative estimate of drug-likeness (QED) is 0.639. The molecule has 1 aromatic carbocycles. The van der Waals surface area contributed by atoms with Gasteiger partial charge in [0.2, 0.25) is 5.91 Å². The molecule has 162 valence electrons. The first kappa shape index (κ1) is 24.8. The fourth-order valence-electron chi connectivity index (χ4n) is 3.37. The van der Waals surface area contributed by atoms with Crippen molar-refractivity contribution >= 4 is 36.0 Å². The van der Waals surface area contributed by atoms with Gasteiger partial charge in [-0.2, -0.15) is 0 Å². The van der Waals surface area contributed by atoms with Gasteiger partial charge in [0.15, 0.2) is 0 Å². The lowest BCUT2D eigenvalue weighted by molar-refractivity contribution is -0.138. The Morgan fingerprint density at radius 1 is 1.28 bits per heavy atom. The number of nitrogens with zero attached hydrogens (tertiary/aromatic N) is 2. The fourth-order valence-corrected chi connectivity index (χ4v) is 3.37. The van der Waals surface area contributed by atoms with Gasteiger partial charge in [-0.3, -0.25) is 24.7 Å². The van der Waals surface area contributed by atoms with Crippen LogP contribution in [-0.2, 0) is 9.59 Å². The van der Waals surface area contributed by atoms with Crippen LogP contribution in [0.4, 0.5) is 14.9 Å². The van der Waals surface area contributed by atoms with Crippen LogP contribution in [0.1, 0.15) is 26.2 Å². The Morgan fingerprint density at radius 3 is 2.62 bits per heavy atom. The Bertz CT molecular complexity index is 721. The number of urea groups is 1. The lowest BCUT2D eigenvalue weighted by atomic mass is 10.1. The van der Waals surface area contributed by atoms with E-state index in [1.807, 2.05) is 9.80 Å². The van der Waals surface area contributed by atoms with Gasteiger partial charge < -0.3 is 10.4 Å². The fraction of sp³-hybridized carbons (Fsp3) is 0.526. The van der Waals surface area contributed by atoms with Crippen molar-refractivity contribution in [2.75, 3.05) is 32.0 Å². The summed E-state index contributed by atoms with van der Waals surface area (Å²) in [5.41, 5.74) is -0.000431. The average molecular weight is 431 g/mol. The highest BCUT2D eigenvalue weighted by Crippen LogP contribution is 2.18. The molecule has 1 aliphatic heterocycles. The Hall–Kier alpha value is -2.23. The van der Waals surface area contributed by atoms with E-state index in [1.165, 1.54) is 18.2 Å². The Balaban J connectivity index is 0.00000420. The second-order valence-corrected chi connectivity index (χ2v) is 7.03. The van der Waals surface area contributed by atoms with Crippen molar-refractivity contribution in [3.05, 3.63) is 30.1 Å². The van der Waals surface area contributed by atoms with E-state index in [2.05, 4.69) is 10.6 Å². The number of likely N-dealkylation sites (N-methyl/N-ethyl adjacent to an activating group) is 1. The van der Waals surface area contributed by atoms with Crippen LogP contribution >= 0.6 is 12.4 Å². The smallest absolute Gasteiger partial charge is 0.326 e. The first-order valence-corrected chi connectivity index (χ1v) is 9.30. The monoisotopic (exact) mass is 430 g/mol. The zero-order valence-corrected chi connectivity index (χ0v) is 17.4. The number of carboxylic acids is 1. The van der Waals surface area contributed by atoms with Crippen LogP contribution in [0, 0.1) is 5.82 Å². The molecule has 0 bridgehead atoms. The third kappa shape index (κ3) is 7.60. The largest absolute Gasteiger partial charge is 0.480 e. The van der Waals surface area contributed by atoms with Crippen molar-refractivity contribution < 1.29 is 23.9 Å². The second-order valence-electron chi connectivity index (χ2n) is 7.03. The number of likely N-dealkylation sites (tertiary alicyclic amines) is 1. The highest BCUT2D eigenvalue weighted by Gasteiger charge is 2.27. The number of rotatable bonds is 6. The van der Waals surface area contributed by atoms with Gasteiger partial charge in [-0.05, 0) is 51.9 Å². The normalized spacial score (nSPS) is 18.3. The van der Waals surface area contributed by atoms with Crippen LogP contribution in [0.25, 0.3) is 0 Å². The van der Waals surface area contributed by atoms with Crippen LogP contribution in [0.5, 0.6) is 0 Å². The molecule has 3 amide bonds. The minimum Gasteiger partial charge on any atom is -0.480 e. The maximum Gasteiger partial charge on any atom is 0.326 e. The molecule has 1 heterocycles. The summed E-state index contributed by atoms with van der Waals surface area (Å²) in [5, 5.41) is 13.5. The molecule has 1 saturated heterocycles. The highest BCUT2D eigenvalue weighted by atomic mass is 35.5. The van der Waals surface area contributed by atoms with Crippen LogP contribution in [0.3, 0.4) is 0 Å². The van der Waals surface area contributed by atoms with Gasteiger partial charge in [0.1, 0.15) is 5.82 Å². The summed E-state index contributed by atoms with van der Waals surface area (Å²) in [7, 11) is 1.79. The van der Waals surface area contributed by atoms with Crippen LogP contribution in [0.15, 0.2) is 24.3 Å². The van der Waals surface area contributed by atoms with Crippen molar-refractivity contribution in [1.82, 2.24) is 15.1 Å². The summed E-state index contributed by atoms with van der Waals surface area (Å²) in [4.78, 5) is 39.1. The van der Waals surface area contributed by atoms with Gasteiger partial charge in [-0.15, -0.1) is 12.4 Å².